The van der Waals surface area contributed by atoms with Gasteiger partial charge in [-0.3, -0.25) is 9.59 Å². The van der Waals surface area contributed by atoms with E-state index < -0.39 is 0 Å². The Kier molecular flexibility index (Phi) is 9.03. The second-order valence-electron chi connectivity index (χ2n) is 5.82. The molecule has 0 atom stereocenters. The van der Waals surface area contributed by atoms with Gasteiger partial charge in [-0.2, -0.15) is 0 Å². The van der Waals surface area contributed by atoms with Crippen molar-refractivity contribution in [3.05, 3.63) is 29.3 Å². The van der Waals surface area contributed by atoms with E-state index >= 15 is 0 Å². The summed E-state index contributed by atoms with van der Waals surface area (Å²) in [5.41, 5.74) is 1.75. The fourth-order valence-electron chi connectivity index (χ4n) is 2.54. The SMILES string of the molecule is COC(=O)CCCCCCCCC(=O)c1cc(C)ccc1OC. The molecule has 4 nitrogen and oxygen atoms in total. The molecule has 0 saturated carbocycles. The molecule has 0 heterocycles. The van der Waals surface area contributed by atoms with Gasteiger partial charge in [-0.05, 0) is 31.9 Å². The van der Waals surface area contributed by atoms with Gasteiger partial charge in [0.2, 0.25) is 0 Å². The Balaban J connectivity index is 2.20. The summed E-state index contributed by atoms with van der Waals surface area (Å²) >= 11 is 0. The summed E-state index contributed by atoms with van der Waals surface area (Å²) in [6.45, 7) is 1.98. The lowest BCUT2D eigenvalue weighted by molar-refractivity contribution is -0.140. The molecule has 0 aliphatic carbocycles. The number of carbonyl (C=O) groups excluding carboxylic acids is 2. The summed E-state index contributed by atoms with van der Waals surface area (Å²) in [7, 11) is 3.01. The van der Waals surface area contributed by atoms with Crippen molar-refractivity contribution in [1.82, 2.24) is 0 Å². The van der Waals surface area contributed by atoms with Crippen LogP contribution in [0.1, 0.15) is 67.3 Å². The Morgan fingerprint density at radius 1 is 0.913 bits per heavy atom. The predicted octanol–water partition coefficient (Wildman–Crippen LogP) is 4.48. The standard InChI is InChI=1S/C19H28O4/c1-15-12-13-18(22-2)16(14-15)17(20)10-8-6-4-5-7-9-11-19(21)23-3/h12-14H,4-11H2,1-3H3. The highest BCUT2D eigenvalue weighted by Crippen LogP contribution is 2.22. The first kappa shape index (κ1) is 19.2. The fraction of sp³-hybridized carbons (Fsp3) is 0.579. The summed E-state index contributed by atoms with van der Waals surface area (Å²) in [6.07, 6.45) is 7.11. The molecule has 4 heteroatoms. The van der Waals surface area contributed by atoms with Crippen molar-refractivity contribution in [2.75, 3.05) is 14.2 Å². The third-order valence-electron chi connectivity index (χ3n) is 3.92. The van der Waals surface area contributed by atoms with Gasteiger partial charge in [-0.15, -0.1) is 0 Å². The summed E-state index contributed by atoms with van der Waals surface area (Å²) in [4.78, 5) is 23.3. The summed E-state index contributed by atoms with van der Waals surface area (Å²) in [5.74, 6) is 0.669. The molecule has 0 amide bonds. The predicted molar refractivity (Wildman–Crippen MR) is 91.0 cm³/mol. The van der Waals surface area contributed by atoms with E-state index in [1.165, 1.54) is 7.11 Å². The van der Waals surface area contributed by atoms with Gasteiger partial charge in [-0.25, -0.2) is 0 Å². The lowest BCUT2D eigenvalue weighted by atomic mass is 10.0. The smallest absolute Gasteiger partial charge is 0.305 e. The number of ether oxygens (including phenoxy) is 2. The van der Waals surface area contributed by atoms with E-state index in [4.69, 9.17) is 4.74 Å². The molecule has 0 bridgehead atoms. The molecule has 0 aromatic heterocycles. The van der Waals surface area contributed by atoms with Crippen molar-refractivity contribution in [3.8, 4) is 5.75 Å². The Hall–Kier alpha value is -1.84. The summed E-state index contributed by atoms with van der Waals surface area (Å²) < 4.78 is 9.87. The lowest BCUT2D eigenvalue weighted by Crippen LogP contribution is -2.02. The number of hydrogen-bond donors (Lipinski definition) is 0. The average Bonchev–Trinajstić information content (AvgIpc) is 2.56. The maximum Gasteiger partial charge on any atom is 0.305 e. The van der Waals surface area contributed by atoms with Crippen LogP contribution in [0.25, 0.3) is 0 Å². The van der Waals surface area contributed by atoms with Crippen LogP contribution in [0.15, 0.2) is 18.2 Å². The largest absolute Gasteiger partial charge is 0.496 e. The van der Waals surface area contributed by atoms with Crippen molar-refractivity contribution in [2.45, 2.75) is 58.3 Å². The summed E-state index contributed by atoms with van der Waals surface area (Å²) in [5, 5.41) is 0. The first-order chi connectivity index (χ1) is 11.1. The quantitative estimate of drug-likeness (QED) is 0.343. The van der Waals surface area contributed by atoms with Gasteiger partial charge in [0, 0.05) is 12.8 Å². The minimum Gasteiger partial charge on any atom is -0.496 e. The number of rotatable bonds is 11. The molecule has 0 spiro atoms. The molecule has 0 aliphatic rings. The molecule has 23 heavy (non-hydrogen) atoms. The van der Waals surface area contributed by atoms with Crippen molar-refractivity contribution < 1.29 is 19.1 Å². The number of aryl methyl sites for hydroxylation is 1. The molecule has 1 aromatic carbocycles. The Labute approximate surface area is 139 Å². The van der Waals surface area contributed by atoms with Gasteiger partial charge in [0.05, 0.1) is 19.8 Å². The van der Waals surface area contributed by atoms with Gasteiger partial charge in [-0.1, -0.05) is 37.3 Å². The van der Waals surface area contributed by atoms with Gasteiger partial charge in [0.1, 0.15) is 5.75 Å². The van der Waals surface area contributed by atoms with Crippen molar-refractivity contribution >= 4 is 11.8 Å². The second-order valence-corrected chi connectivity index (χ2v) is 5.82. The third-order valence-corrected chi connectivity index (χ3v) is 3.92. The van der Waals surface area contributed by atoms with Crippen LogP contribution < -0.4 is 4.74 Å². The Bertz CT molecular complexity index is 508. The van der Waals surface area contributed by atoms with Crippen LogP contribution in [-0.4, -0.2) is 26.0 Å². The van der Waals surface area contributed by atoms with Gasteiger partial charge >= 0.3 is 5.97 Å². The number of esters is 1. The molecule has 0 N–H and O–H groups in total. The van der Waals surface area contributed by atoms with Gasteiger partial charge < -0.3 is 9.47 Å². The van der Waals surface area contributed by atoms with Crippen LogP contribution in [0.5, 0.6) is 5.75 Å². The van der Waals surface area contributed by atoms with Crippen LogP contribution in [0.3, 0.4) is 0 Å². The molecule has 0 radical (unpaired) electrons. The Morgan fingerprint density at radius 3 is 2.13 bits per heavy atom. The van der Waals surface area contributed by atoms with Crippen molar-refractivity contribution in [3.63, 3.8) is 0 Å². The van der Waals surface area contributed by atoms with E-state index in [2.05, 4.69) is 4.74 Å². The molecule has 0 saturated heterocycles. The zero-order valence-electron chi connectivity index (χ0n) is 14.5. The van der Waals surface area contributed by atoms with Gasteiger partial charge in [0.25, 0.3) is 0 Å². The van der Waals surface area contributed by atoms with Gasteiger partial charge in [0.15, 0.2) is 5.78 Å². The first-order valence-corrected chi connectivity index (χ1v) is 8.33. The van der Waals surface area contributed by atoms with Crippen LogP contribution >= 0.6 is 0 Å². The van der Waals surface area contributed by atoms with Crippen molar-refractivity contribution in [2.24, 2.45) is 0 Å². The van der Waals surface area contributed by atoms with E-state index in [1.54, 1.807) is 7.11 Å². The normalized spacial score (nSPS) is 10.4. The molecule has 0 fully saturated rings. The number of Topliss-reactive ketones (excluding diaryl/α,β-unsaturated/α-hetero) is 1. The number of unbranched alkanes of at least 4 members (excludes halogenated alkanes) is 5. The zero-order valence-corrected chi connectivity index (χ0v) is 14.5. The van der Waals surface area contributed by atoms with E-state index in [1.807, 2.05) is 25.1 Å². The molecular weight excluding hydrogens is 292 g/mol. The highest BCUT2D eigenvalue weighted by Gasteiger charge is 2.12. The van der Waals surface area contributed by atoms with Crippen LogP contribution in [0, 0.1) is 6.92 Å². The summed E-state index contributed by atoms with van der Waals surface area (Å²) in [6, 6.07) is 5.70. The maximum absolute atomic E-state index is 12.3. The van der Waals surface area contributed by atoms with Crippen LogP contribution in [-0.2, 0) is 9.53 Å². The number of methoxy groups -OCH3 is 2. The van der Waals surface area contributed by atoms with Crippen LogP contribution in [0.4, 0.5) is 0 Å². The first-order valence-electron chi connectivity index (χ1n) is 8.33. The van der Waals surface area contributed by atoms with E-state index in [0.29, 0.717) is 24.2 Å². The minimum atomic E-state index is -0.136. The number of benzene rings is 1. The highest BCUT2D eigenvalue weighted by molar-refractivity contribution is 5.98. The van der Waals surface area contributed by atoms with E-state index in [0.717, 1.165) is 44.1 Å². The third kappa shape index (κ3) is 7.31. The lowest BCUT2D eigenvalue weighted by Gasteiger charge is -2.08. The second kappa shape index (κ2) is 10.8. The van der Waals surface area contributed by atoms with Crippen molar-refractivity contribution in [1.29, 1.82) is 0 Å². The van der Waals surface area contributed by atoms with Crippen LogP contribution in [0.2, 0.25) is 0 Å². The fourth-order valence-corrected chi connectivity index (χ4v) is 2.54. The molecule has 1 aromatic rings. The molecule has 0 unspecified atom stereocenters. The number of hydrogen-bond acceptors (Lipinski definition) is 4. The topological polar surface area (TPSA) is 52.6 Å². The minimum absolute atomic E-state index is 0.136. The van der Waals surface area contributed by atoms with E-state index in [-0.39, 0.29) is 11.8 Å². The molecule has 1 rings (SSSR count). The average molecular weight is 320 g/mol. The molecular formula is C19H28O4. The maximum atomic E-state index is 12.3. The molecule has 0 aliphatic heterocycles. The number of ketones is 1. The molecule has 128 valence electrons. The monoisotopic (exact) mass is 320 g/mol. The number of carbonyl (C=O) groups is 2. The van der Waals surface area contributed by atoms with E-state index in [9.17, 15) is 9.59 Å². The zero-order chi connectivity index (χ0) is 17.1. The highest BCUT2D eigenvalue weighted by atomic mass is 16.5. The Morgan fingerprint density at radius 2 is 1.52 bits per heavy atom.